The second-order valence-electron chi connectivity index (χ2n) is 4.23. The smallest absolute Gasteiger partial charge is 0.168 e. The van der Waals surface area contributed by atoms with Crippen molar-refractivity contribution in [3.8, 4) is 11.4 Å². The number of imidazole rings is 1. The molecule has 1 fully saturated rings. The van der Waals surface area contributed by atoms with Gasteiger partial charge >= 0.3 is 0 Å². The largest absolute Gasteiger partial charge is 0.319 e. The molecule has 1 aliphatic rings. The van der Waals surface area contributed by atoms with Crippen LogP contribution >= 0.6 is 23.2 Å². The summed E-state index contributed by atoms with van der Waals surface area (Å²) in [4.78, 5) is 19.2. The van der Waals surface area contributed by atoms with Crippen molar-refractivity contribution in [2.24, 2.45) is 0 Å². The predicted octanol–water partition coefficient (Wildman–Crippen LogP) is 3.40. The average Bonchev–Trinajstić information content (AvgIpc) is 3.07. The van der Waals surface area contributed by atoms with Crippen LogP contribution < -0.4 is 0 Å². The van der Waals surface area contributed by atoms with E-state index >= 15 is 0 Å². The highest BCUT2D eigenvalue weighted by molar-refractivity contribution is 6.32. The Morgan fingerprint density at radius 3 is 2.50 bits per heavy atom. The van der Waals surface area contributed by atoms with Crippen molar-refractivity contribution in [1.29, 1.82) is 0 Å². The number of aldehydes is 1. The zero-order valence-corrected chi connectivity index (χ0v) is 10.8. The lowest BCUT2D eigenvalue weighted by atomic mass is 10.2. The number of carbonyl (C=O) groups is 1. The average molecular weight is 282 g/mol. The van der Waals surface area contributed by atoms with E-state index in [1.807, 2.05) is 4.57 Å². The third-order valence-corrected chi connectivity index (χ3v) is 3.27. The van der Waals surface area contributed by atoms with Gasteiger partial charge in [-0.15, -0.1) is 0 Å². The van der Waals surface area contributed by atoms with Gasteiger partial charge in [0.1, 0.15) is 21.8 Å². The lowest BCUT2D eigenvalue weighted by molar-refractivity contribution is 0.111. The summed E-state index contributed by atoms with van der Waals surface area (Å²) >= 11 is 11.8. The molecule has 0 saturated heterocycles. The zero-order valence-electron chi connectivity index (χ0n) is 9.31. The molecule has 0 bridgehead atoms. The van der Waals surface area contributed by atoms with Gasteiger partial charge in [-0.1, -0.05) is 23.2 Å². The molecule has 0 N–H and O–H groups in total. The summed E-state index contributed by atoms with van der Waals surface area (Å²) in [7, 11) is 0. The first kappa shape index (κ1) is 11.7. The second kappa shape index (κ2) is 4.37. The molecule has 92 valence electrons. The Morgan fingerprint density at radius 1 is 1.28 bits per heavy atom. The van der Waals surface area contributed by atoms with Crippen molar-refractivity contribution in [2.75, 3.05) is 0 Å². The highest BCUT2D eigenvalue weighted by atomic mass is 35.5. The molecule has 4 nitrogen and oxygen atoms in total. The van der Waals surface area contributed by atoms with Crippen molar-refractivity contribution in [3.63, 3.8) is 0 Å². The van der Waals surface area contributed by atoms with Crippen LogP contribution in [0.2, 0.25) is 10.3 Å². The molecule has 0 aromatic carbocycles. The monoisotopic (exact) mass is 281 g/mol. The zero-order chi connectivity index (χ0) is 12.7. The molecule has 0 unspecified atom stereocenters. The third-order valence-electron chi connectivity index (χ3n) is 2.88. The van der Waals surface area contributed by atoms with Gasteiger partial charge in [-0.2, -0.15) is 0 Å². The summed E-state index contributed by atoms with van der Waals surface area (Å²) in [5.74, 6) is 0.714. The fraction of sp³-hybridized carbons (Fsp3) is 0.250. The van der Waals surface area contributed by atoms with E-state index < -0.39 is 0 Å². The maximum atomic E-state index is 11.0. The van der Waals surface area contributed by atoms with E-state index in [2.05, 4.69) is 9.97 Å². The number of carbonyl (C=O) groups excluding carboxylic acids is 1. The Balaban J connectivity index is 2.16. The Labute approximate surface area is 114 Å². The molecule has 18 heavy (non-hydrogen) atoms. The Bertz CT molecular complexity index is 600. The van der Waals surface area contributed by atoms with E-state index in [1.165, 1.54) is 0 Å². The van der Waals surface area contributed by atoms with Crippen molar-refractivity contribution >= 4 is 29.5 Å². The molecule has 0 amide bonds. The molecule has 2 aromatic rings. The first-order valence-corrected chi connectivity index (χ1v) is 6.30. The summed E-state index contributed by atoms with van der Waals surface area (Å²) in [6.07, 6.45) is 4.52. The molecular formula is C12H9Cl2N3O. The first-order valence-electron chi connectivity index (χ1n) is 5.55. The number of rotatable bonds is 3. The van der Waals surface area contributed by atoms with Crippen molar-refractivity contribution in [2.45, 2.75) is 18.9 Å². The van der Waals surface area contributed by atoms with Gasteiger partial charge < -0.3 is 4.57 Å². The molecule has 0 aliphatic heterocycles. The molecule has 0 atom stereocenters. The number of halogens is 2. The van der Waals surface area contributed by atoms with Crippen molar-refractivity contribution in [1.82, 2.24) is 14.5 Å². The molecule has 2 aromatic heterocycles. The highest BCUT2D eigenvalue weighted by Gasteiger charge is 2.28. The minimum atomic E-state index is 0.315. The first-order chi connectivity index (χ1) is 8.69. The van der Waals surface area contributed by atoms with Gasteiger partial charge in [0.05, 0.1) is 6.20 Å². The number of aromatic nitrogens is 3. The van der Waals surface area contributed by atoms with Gasteiger partial charge in [-0.25, -0.2) is 9.97 Å². The van der Waals surface area contributed by atoms with Crippen LogP contribution in [0.25, 0.3) is 11.4 Å². The van der Waals surface area contributed by atoms with E-state index in [4.69, 9.17) is 23.2 Å². The minimum Gasteiger partial charge on any atom is -0.319 e. The maximum absolute atomic E-state index is 11.0. The molecule has 2 heterocycles. The van der Waals surface area contributed by atoms with Crippen LogP contribution in [0.15, 0.2) is 18.3 Å². The van der Waals surface area contributed by atoms with Crippen LogP contribution in [0.3, 0.4) is 0 Å². The fourth-order valence-electron chi connectivity index (χ4n) is 1.99. The van der Waals surface area contributed by atoms with Crippen LogP contribution in [-0.4, -0.2) is 20.8 Å². The SMILES string of the molecule is O=Cc1cnc(-c2cc(Cl)nc(Cl)c2)n1C1CC1. The summed E-state index contributed by atoms with van der Waals surface area (Å²) in [5, 5.41) is 0.631. The van der Waals surface area contributed by atoms with Crippen LogP contribution in [0, 0.1) is 0 Å². The van der Waals surface area contributed by atoms with Gasteiger partial charge in [0.2, 0.25) is 0 Å². The Kier molecular flexibility index (Phi) is 2.84. The molecular weight excluding hydrogens is 273 g/mol. The van der Waals surface area contributed by atoms with Crippen LogP contribution in [0.4, 0.5) is 0 Å². The van der Waals surface area contributed by atoms with Gasteiger partial charge in [-0.05, 0) is 25.0 Å². The lowest BCUT2D eigenvalue weighted by Crippen LogP contribution is -2.02. The Morgan fingerprint density at radius 2 is 1.94 bits per heavy atom. The minimum absolute atomic E-state index is 0.315. The van der Waals surface area contributed by atoms with Crippen LogP contribution in [-0.2, 0) is 0 Å². The second-order valence-corrected chi connectivity index (χ2v) is 5.00. The molecule has 3 rings (SSSR count). The number of nitrogens with zero attached hydrogens (tertiary/aromatic N) is 3. The van der Waals surface area contributed by atoms with E-state index in [-0.39, 0.29) is 0 Å². The number of hydrogen-bond acceptors (Lipinski definition) is 3. The normalized spacial score (nSPS) is 14.8. The topological polar surface area (TPSA) is 47.8 Å². The quantitative estimate of drug-likeness (QED) is 0.640. The third kappa shape index (κ3) is 2.02. The molecule has 0 spiro atoms. The predicted molar refractivity (Wildman–Crippen MR) is 69.1 cm³/mol. The maximum Gasteiger partial charge on any atom is 0.168 e. The molecule has 0 radical (unpaired) electrons. The summed E-state index contributed by atoms with van der Waals surface area (Å²) in [5.41, 5.74) is 1.36. The van der Waals surface area contributed by atoms with E-state index in [9.17, 15) is 4.79 Å². The van der Waals surface area contributed by atoms with Gasteiger partial charge in [-0.3, -0.25) is 4.79 Å². The van der Waals surface area contributed by atoms with Crippen molar-refractivity contribution < 1.29 is 4.79 Å². The molecule has 6 heteroatoms. The highest BCUT2D eigenvalue weighted by Crippen LogP contribution is 2.39. The number of pyridine rings is 1. The van der Waals surface area contributed by atoms with E-state index in [0.29, 0.717) is 27.9 Å². The van der Waals surface area contributed by atoms with E-state index in [1.54, 1.807) is 18.3 Å². The standard InChI is InChI=1S/C12H9Cl2N3O/c13-10-3-7(4-11(14)16-10)12-15-5-9(6-18)17(12)8-1-2-8/h3-6,8H,1-2H2. The van der Waals surface area contributed by atoms with E-state index in [0.717, 1.165) is 24.7 Å². The summed E-state index contributed by atoms with van der Waals surface area (Å²) < 4.78 is 1.94. The van der Waals surface area contributed by atoms with Crippen LogP contribution in [0.1, 0.15) is 29.4 Å². The summed E-state index contributed by atoms with van der Waals surface area (Å²) in [6, 6.07) is 3.75. The molecule has 1 saturated carbocycles. The Hall–Kier alpha value is -1.39. The van der Waals surface area contributed by atoms with Gasteiger partial charge in [0.15, 0.2) is 6.29 Å². The van der Waals surface area contributed by atoms with Crippen molar-refractivity contribution in [3.05, 3.63) is 34.3 Å². The van der Waals surface area contributed by atoms with Gasteiger partial charge in [0.25, 0.3) is 0 Å². The lowest BCUT2D eigenvalue weighted by Gasteiger charge is -2.08. The summed E-state index contributed by atoms with van der Waals surface area (Å²) in [6.45, 7) is 0. The number of hydrogen-bond donors (Lipinski definition) is 0. The molecule has 1 aliphatic carbocycles. The van der Waals surface area contributed by atoms with Gasteiger partial charge in [0, 0.05) is 11.6 Å². The van der Waals surface area contributed by atoms with Crippen LogP contribution in [0.5, 0.6) is 0 Å². The fourth-order valence-corrected chi connectivity index (χ4v) is 2.45.